The van der Waals surface area contributed by atoms with Crippen molar-refractivity contribution in [2.24, 2.45) is 7.05 Å². The van der Waals surface area contributed by atoms with Gasteiger partial charge in [-0.05, 0) is 11.2 Å². The van der Waals surface area contributed by atoms with E-state index in [9.17, 15) is 9.46 Å². The minimum atomic E-state index is -3.26. The summed E-state index contributed by atoms with van der Waals surface area (Å²) in [6, 6.07) is 7.39. The molecule has 1 aromatic carbocycles. The molecule has 2 rings (SSSR count). The molecular weight excluding hydrogens is 223 g/mol. The number of aromatic nitrogens is 2. The van der Waals surface area contributed by atoms with Gasteiger partial charge in [0.25, 0.3) is 0 Å². The highest BCUT2D eigenvalue weighted by Crippen LogP contribution is 2.39. The summed E-state index contributed by atoms with van der Waals surface area (Å²) in [5.74, 6) is 0. The van der Waals surface area contributed by atoms with E-state index >= 15 is 0 Å². The lowest BCUT2D eigenvalue weighted by molar-refractivity contribution is -0.727. The predicted octanol–water partition coefficient (Wildman–Crippen LogP) is 0.975. The largest absolute Gasteiger partial charge is 0.341 e. The van der Waals surface area contributed by atoms with Gasteiger partial charge in [-0.15, -0.1) is 0 Å². The van der Waals surface area contributed by atoms with Crippen LogP contribution in [0.25, 0.3) is 10.9 Å². The Kier molecular flexibility index (Phi) is 2.78. The van der Waals surface area contributed by atoms with Gasteiger partial charge < -0.3 is 4.89 Å². The average Bonchev–Trinajstić information content (AvgIpc) is 2.28. The number of fused-ring (bicyclic) bond motifs is 1. The molecule has 0 fully saturated rings. The highest BCUT2D eigenvalue weighted by Gasteiger charge is 2.25. The van der Waals surface area contributed by atoms with Crippen LogP contribution < -0.4 is 9.99 Å². The molecule has 0 aliphatic heterocycles. The Morgan fingerprint density at radius 3 is 2.81 bits per heavy atom. The van der Waals surface area contributed by atoms with Crippen molar-refractivity contribution in [2.75, 3.05) is 6.16 Å². The van der Waals surface area contributed by atoms with Gasteiger partial charge >= 0.3 is 0 Å². The Labute approximate surface area is 94.0 Å². The van der Waals surface area contributed by atoms with Gasteiger partial charge in [-0.25, -0.2) is 0 Å². The molecule has 4 nitrogen and oxygen atoms in total. The van der Waals surface area contributed by atoms with Crippen molar-refractivity contribution in [3.8, 4) is 0 Å². The van der Waals surface area contributed by atoms with Crippen LogP contribution in [0.4, 0.5) is 0 Å². The molecule has 0 aliphatic rings. The molecule has 1 unspecified atom stereocenters. The van der Waals surface area contributed by atoms with E-state index in [0.717, 1.165) is 10.9 Å². The Morgan fingerprint density at radius 2 is 2.12 bits per heavy atom. The topological polar surface area (TPSA) is 54.1 Å². The third-order valence-corrected chi connectivity index (χ3v) is 4.53. The van der Waals surface area contributed by atoms with Gasteiger partial charge in [-0.3, -0.25) is 4.57 Å². The first-order valence-corrected chi connectivity index (χ1v) is 6.97. The molecule has 16 heavy (non-hydrogen) atoms. The molecule has 0 saturated carbocycles. The lowest BCUT2D eigenvalue weighted by atomic mass is 10.2. The summed E-state index contributed by atoms with van der Waals surface area (Å²) in [5, 5.41) is 5.52. The molecule has 0 aliphatic carbocycles. The molecule has 0 radical (unpaired) electrons. The van der Waals surface area contributed by atoms with Crippen LogP contribution in [0.3, 0.4) is 0 Å². The highest BCUT2D eigenvalue weighted by atomic mass is 31.2. The molecule has 1 heterocycles. The van der Waals surface area contributed by atoms with Crippen molar-refractivity contribution >= 4 is 23.6 Å². The summed E-state index contributed by atoms with van der Waals surface area (Å²) in [6.45, 7) is 1.72. The van der Waals surface area contributed by atoms with Gasteiger partial charge in [0.15, 0.2) is 7.05 Å². The summed E-state index contributed by atoms with van der Waals surface area (Å²) in [4.78, 5) is 9.93. The first kappa shape index (κ1) is 11.2. The van der Waals surface area contributed by atoms with E-state index in [4.69, 9.17) is 0 Å². The second kappa shape index (κ2) is 3.96. The molecule has 1 aromatic heterocycles. The SMILES string of the molecule is CCP(=O)(O)c1c[n+](C)nc2ccccc12. The lowest BCUT2D eigenvalue weighted by Gasteiger charge is -2.09. The van der Waals surface area contributed by atoms with Crippen LogP contribution in [0.15, 0.2) is 30.5 Å². The number of aryl methyl sites for hydroxylation is 1. The molecule has 5 heteroatoms. The standard InChI is InChI=1S/C11H13N2O2P/c1-3-16(14,15)11-8-13(2)12-10-7-5-4-6-9(10)11/h4-8H,3H2,1-2H3/p+1. The fraction of sp³-hybridized carbons (Fsp3) is 0.273. The maximum atomic E-state index is 12.1. The zero-order valence-electron chi connectivity index (χ0n) is 9.29. The maximum absolute atomic E-state index is 12.1. The van der Waals surface area contributed by atoms with E-state index in [0.29, 0.717) is 5.30 Å². The summed E-state index contributed by atoms with van der Waals surface area (Å²) in [7, 11) is -1.50. The van der Waals surface area contributed by atoms with Gasteiger partial charge in [-0.2, -0.15) is 0 Å². The molecule has 0 bridgehead atoms. The van der Waals surface area contributed by atoms with Gasteiger partial charge in [0.1, 0.15) is 10.8 Å². The number of rotatable bonds is 2. The molecule has 1 N–H and O–H groups in total. The van der Waals surface area contributed by atoms with Crippen molar-refractivity contribution in [2.45, 2.75) is 6.92 Å². The molecule has 1 atom stereocenters. The molecule has 0 amide bonds. The van der Waals surface area contributed by atoms with Crippen LogP contribution in [0.1, 0.15) is 6.92 Å². The molecular formula is C11H14N2O2P+. The average molecular weight is 237 g/mol. The zero-order valence-corrected chi connectivity index (χ0v) is 10.2. The fourth-order valence-electron chi connectivity index (χ4n) is 1.67. The quantitative estimate of drug-likeness (QED) is 0.625. The van der Waals surface area contributed by atoms with E-state index in [1.165, 1.54) is 0 Å². The van der Waals surface area contributed by atoms with Gasteiger partial charge in [0, 0.05) is 11.5 Å². The minimum Gasteiger partial charge on any atom is -0.341 e. The van der Waals surface area contributed by atoms with Crippen LogP contribution in [0.5, 0.6) is 0 Å². The fourth-order valence-corrected chi connectivity index (χ4v) is 2.93. The second-order valence-electron chi connectivity index (χ2n) is 3.72. The Balaban J connectivity index is 2.83. The second-order valence-corrected chi connectivity index (χ2v) is 6.24. The van der Waals surface area contributed by atoms with Crippen LogP contribution in [-0.4, -0.2) is 16.2 Å². The third-order valence-electron chi connectivity index (χ3n) is 2.56. The van der Waals surface area contributed by atoms with Gasteiger partial charge in [0.2, 0.25) is 13.6 Å². The van der Waals surface area contributed by atoms with Crippen molar-refractivity contribution in [1.82, 2.24) is 5.10 Å². The van der Waals surface area contributed by atoms with E-state index in [1.54, 1.807) is 24.9 Å². The molecule has 84 valence electrons. The van der Waals surface area contributed by atoms with E-state index in [1.807, 2.05) is 24.3 Å². The number of hydrogen-bond acceptors (Lipinski definition) is 2. The van der Waals surface area contributed by atoms with E-state index < -0.39 is 7.37 Å². The Hall–Kier alpha value is -1.25. The number of benzene rings is 1. The summed E-state index contributed by atoms with van der Waals surface area (Å²) >= 11 is 0. The molecule has 2 aromatic rings. The summed E-state index contributed by atoms with van der Waals surface area (Å²) < 4.78 is 13.6. The highest BCUT2D eigenvalue weighted by molar-refractivity contribution is 7.66. The molecule has 0 saturated heterocycles. The monoisotopic (exact) mass is 237 g/mol. The smallest absolute Gasteiger partial charge is 0.236 e. The van der Waals surface area contributed by atoms with Crippen molar-refractivity contribution < 1.29 is 14.1 Å². The first-order valence-electron chi connectivity index (χ1n) is 5.12. The zero-order chi connectivity index (χ0) is 11.8. The number of hydrogen-bond donors (Lipinski definition) is 1. The van der Waals surface area contributed by atoms with Crippen LogP contribution in [-0.2, 0) is 11.6 Å². The first-order chi connectivity index (χ1) is 7.54. The van der Waals surface area contributed by atoms with Crippen molar-refractivity contribution in [3.63, 3.8) is 0 Å². The minimum absolute atomic E-state index is 0.237. The Morgan fingerprint density at radius 1 is 1.44 bits per heavy atom. The number of nitrogens with zero attached hydrogens (tertiary/aromatic N) is 2. The van der Waals surface area contributed by atoms with Crippen molar-refractivity contribution in [3.05, 3.63) is 30.5 Å². The van der Waals surface area contributed by atoms with Gasteiger partial charge in [-0.1, -0.05) is 29.8 Å². The third kappa shape index (κ3) is 1.86. The van der Waals surface area contributed by atoms with Crippen LogP contribution >= 0.6 is 7.37 Å². The van der Waals surface area contributed by atoms with Crippen LogP contribution in [0, 0.1) is 0 Å². The van der Waals surface area contributed by atoms with Gasteiger partial charge in [0.05, 0.1) is 0 Å². The normalized spacial score (nSPS) is 14.9. The predicted molar refractivity (Wildman–Crippen MR) is 62.9 cm³/mol. The summed E-state index contributed by atoms with van der Waals surface area (Å²) in [6.07, 6.45) is 1.87. The van der Waals surface area contributed by atoms with Crippen LogP contribution in [0.2, 0.25) is 0 Å². The maximum Gasteiger partial charge on any atom is 0.236 e. The van der Waals surface area contributed by atoms with Crippen molar-refractivity contribution in [1.29, 1.82) is 0 Å². The summed E-state index contributed by atoms with van der Waals surface area (Å²) in [5.41, 5.74) is 0.741. The molecule has 0 spiro atoms. The lowest BCUT2D eigenvalue weighted by Crippen LogP contribution is -2.36. The Bertz CT molecular complexity index is 583. The van der Waals surface area contributed by atoms with E-state index in [2.05, 4.69) is 5.10 Å². The van der Waals surface area contributed by atoms with E-state index in [-0.39, 0.29) is 6.16 Å².